The van der Waals surface area contributed by atoms with Crippen molar-refractivity contribution in [1.82, 2.24) is 14.9 Å². The highest BCUT2D eigenvalue weighted by molar-refractivity contribution is 5.74. The first-order valence-electron chi connectivity index (χ1n) is 6.14. The zero-order valence-corrected chi connectivity index (χ0v) is 10.1. The van der Waals surface area contributed by atoms with Crippen molar-refractivity contribution in [1.29, 1.82) is 0 Å². The van der Waals surface area contributed by atoms with Gasteiger partial charge in [0.05, 0.1) is 17.6 Å². The summed E-state index contributed by atoms with van der Waals surface area (Å²) in [5, 5.41) is 0. The molecule has 3 N–H and O–H groups in total. The Hall–Kier alpha value is -1.39. The van der Waals surface area contributed by atoms with E-state index in [1.165, 1.54) is 0 Å². The van der Waals surface area contributed by atoms with Gasteiger partial charge >= 0.3 is 0 Å². The molecule has 2 heterocycles. The van der Waals surface area contributed by atoms with Gasteiger partial charge in [-0.1, -0.05) is 19.1 Å². The molecule has 1 aromatic carbocycles. The van der Waals surface area contributed by atoms with Crippen LogP contribution in [0, 0.1) is 5.92 Å². The van der Waals surface area contributed by atoms with E-state index in [0.29, 0.717) is 12.0 Å². The second-order valence-corrected chi connectivity index (χ2v) is 5.04. The number of hydrogen-bond acceptors (Lipinski definition) is 3. The summed E-state index contributed by atoms with van der Waals surface area (Å²) >= 11 is 0. The van der Waals surface area contributed by atoms with Gasteiger partial charge in [-0.15, -0.1) is 0 Å². The van der Waals surface area contributed by atoms with Crippen LogP contribution in [0.3, 0.4) is 0 Å². The second-order valence-electron chi connectivity index (χ2n) is 5.04. The van der Waals surface area contributed by atoms with Crippen LogP contribution in [0.2, 0.25) is 0 Å². The zero-order chi connectivity index (χ0) is 11.8. The molecule has 4 nitrogen and oxygen atoms in total. The number of H-pyrrole nitrogens is 1. The number of nitrogens with zero attached hydrogens (tertiary/aromatic N) is 2. The minimum absolute atomic E-state index is 0.305. The average molecular weight is 230 g/mol. The van der Waals surface area contributed by atoms with Crippen LogP contribution in [0.4, 0.5) is 0 Å². The highest BCUT2D eigenvalue weighted by atomic mass is 15.2. The summed E-state index contributed by atoms with van der Waals surface area (Å²) in [5.74, 6) is 1.62. The molecule has 0 radical (unpaired) electrons. The van der Waals surface area contributed by atoms with Crippen LogP contribution < -0.4 is 5.73 Å². The van der Waals surface area contributed by atoms with Crippen molar-refractivity contribution in [3.8, 4) is 0 Å². The first-order valence-corrected chi connectivity index (χ1v) is 6.14. The van der Waals surface area contributed by atoms with Crippen LogP contribution in [0.15, 0.2) is 24.3 Å². The molecular weight excluding hydrogens is 212 g/mol. The largest absolute Gasteiger partial charge is 0.341 e. The second kappa shape index (κ2) is 4.13. The Labute approximate surface area is 101 Å². The van der Waals surface area contributed by atoms with E-state index < -0.39 is 0 Å². The molecule has 0 saturated carbocycles. The van der Waals surface area contributed by atoms with Gasteiger partial charge in [0.2, 0.25) is 0 Å². The quantitative estimate of drug-likeness (QED) is 0.818. The first-order chi connectivity index (χ1) is 8.22. The molecule has 0 spiro atoms. The molecule has 2 atom stereocenters. The molecule has 1 fully saturated rings. The molecule has 1 aromatic heterocycles. The summed E-state index contributed by atoms with van der Waals surface area (Å²) in [6.45, 7) is 5.12. The molecule has 2 unspecified atom stereocenters. The van der Waals surface area contributed by atoms with E-state index >= 15 is 0 Å². The molecule has 2 aromatic rings. The topological polar surface area (TPSA) is 57.9 Å². The van der Waals surface area contributed by atoms with E-state index in [4.69, 9.17) is 5.73 Å². The van der Waals surface area contributed by atoms with Crippen molar-refractivity contribution in [2.45, 2.75) is 19.5 Å². The fourth-order valence-electron chi connectivity index (χ4n) is 2.52. The van der Waals surface area contributed by atoms with E-state index in [9.17, 15) is 0 Å². The third kappa shape index (κ3) is 2.06. The average Bonchev–Trinajstić information content (AvgIpc) is 2.83. The van der Waals surface area contributed by atoms with Gasteiger partial charge in [-0.2, -0.15) is 0 Å². The van der Waals surface area contributed by atoms with E-state index in [1.807, 2.05) is 18.2 Å². The van der Waals surface area contributed by atoms with E-state index in [1.54, 1.807) is 0 Å². The van der Waals surface area contributed by atoms with Crippen molar-refractivity contribution >= 4 is 11.0 Å². The standard InChI is InChI=1S/C13H18N4/c1-9-6-17(7-10(9)14)8-13-15-11-4-2-3-5-12(11)16-13/h2-5,9-10H,6-8,14H2,1H3,(H,15,16). The maximum absolute atomic E-state index is 6.03. The van der Waals surface area contributed by atoms with Crippen LogP contribution in [0.5, 0.6) is 0 Å². The fraction of sp³-hybridized carbons (Fsp3) is 0.462. The van der Waals surface area contributed by atoms with Crippen LogP contribution >= 0.6 is 0 Å². The predicted octanol–water partition coefficient (Wildman–Crippen LogP) is 1.34. The van der Waals surface area contributed by atoms with Gasteiger partial charge in [-0.25, -0.2) is 4.98 Å². The Bertz CT molecular complexity index is 476. The van der Waals surface area contributed by atoms with E-state index in [0.717, 1.165) is 36.5 Å². The van der Waals surface area contributed by atoms with Crippen molar-refractivity contribution < 1.29 is 0 Å². The number of imidazole rings is 1. The third-order valence-corrected chi connectivity index (χ3v) is 3.56. The van der Waals surface area contributed by atoms with Crippen molar-refractivity contribution in [2.24, 2.45) is 11.7 Å². The summed E-state index contributed by atoms with van der Waals surface area (Å²) in [6, 6.07) is 8.44. The Kier molecular flexibility index (Phi) is 2.61. The van der Waals surface area contributed by atoms with Crippen LogP contribution in [0.25, 0.3) is 11.0 Å². The number of para-hydroxylation sites is 2. The van der Waals surface area contributed by atoms with Crippen molar-refractivity contribution in [2.75, 3.05) is 13.1 Å². The number of nitrogens with one attached hydrogen (secondary N) is 1. The van der Waals surface area contributed by atoms with Gasteiger partial charge in [-0.05, 0) is 18.1 Å². The van der Waals surface area contributed by atoms with Crippen LogP contribution in [-0.2, 0) is 6.54 Å². The number of rotatable bonds is 2. The summed E-state index contributed by atoms with van der Waals surface area (Å²) in [4.78, 5) is 10.3. The number of likely N-dealkylation sites (tertiary alicyclic amines) is 1. The predicted molar refractivity (Wildman–Crippen MR) is 68.5 cm³/mol. The van der Waals surface area contributed by atoms with Gasteiger partial charge in [-0.3, -0.25) is 4.90 Å². The lowest BCUT2D eigenvalue weighted by atomic mass is 10.1. The number of benzene rings is 1. The number of fused-ring (bicyclic) bond motifs is 1. The van der Waals surface area contributed by atoms with E-state index in [-0.39, 0.29) is 0 Å². The number of nitrogens with two attached hydrogens (primary N) is 1. The Balaban J connectivity index is 1.77. The molecular formula is C13H18N4. The molecule has 0 bridgehead atoms. The van der Waals surface area contributed by atoms with Gasteiger partial charge < -0.3 is 10.7 Å². The van der Waals surface area contributed by atoms with Crippen molar-refractivity contribution in [3.63, 3.8) is 0 Å². The number of hydrogen-bond donors (Lipinski definition) is 2. The van der Waals surface area contributed by atoms with Gasteiger partial charge in [0, 0.05) is 19.1 Å². The molecule has 17 heavy (non-hydrogen) atoms. The summed E-state index contributed by atoms with van der Waals surface area (Å²) < 4.78 is 0. The van der Waals surface area contributed by atoms with Gasteiger partial charge in [0.1, 0.15) is 5.82 Å². The van der Waals surface area contributed by atoms with Gasteiger partial charge in [0.25, 0.3) is 0 Å². The fourth-order valence-corrected chi connectivity index (χ4v) is 2.52. The Morgan fingerprint density at radius 3 is 2.94 bits per heavy atom. The van der Waals surface area contributed by atoms with Crippen molar-refractivity contribution in [3.05, 3.63) is 30.1 Å². The summed E-state index contributed by atoms with van der Waals surface area (Å²) in [5.41, 5.74) is 8.18. The van der Waals surface area contributed by atoms with Crippen LogP contribution in [-0.4, -0.2) is 34.0 Å². The number of aromatic amines is 1. The lowest BCUT2D eigenvalue weighted by Gasteiger charge is -2.12. The monoisotopic (exact) mass is 230 g/mol. The highest BCUT2D eigenvalue weighted by Crippen LogP contribution is 2.17. The minimum atomic E-state index is 0.305. The van der Waals surface area contributed by atoms with E-state index in [2.05, 4.69) is 27.9 Å². The lowest BCUT2D eigenvalue weighted by molar-refractivity contribution is 0.312. The molecule has 1 aliphatic heterocycles. The SMILES string of the molecule is CC1CN(Cc2nc3ccccc3[nH]2)CC1N. The highest BCUT2D eigenvalue weighted by Gasteiger charge is 2.26. The molecule has 1 aliphatic rings. The normalized spacial score (nSPS) is 25.8. The third-order valence-electron chi connectivity index (χ3n) is 3.56. The first kappa shape index (κ1) is 10.7. The Morgan fingerprint density at radius 1 is 1.41 bits per heavy atom. The summed E-state index contributed by atoms with van der Waals surface area (Å²) in [7, 11) is 0. The zero-order valence-electron chi connectivity index (χ0n) is 10.1. The summed E-state index contributed by atoms with van der Waals surface area (Å²) in [6.07, 6.45) is 0. The minimum Gasteiger partial charge on any atom is -0.341 e. The molecule has 3 rings (SSSR count). The lowest BCUT2D eigenvalue weighted by Crippen LogP contribution is -2.28. The molecule has 4 heteroatoms. The smallest absolute Gasteiger partial charge is 0.121 e. The van der Waals surface area contributed by atoms with Crippen LogP contribution in [0.1, 0.15) is 12.7 Å². The number of aromatic nitrogens is 2. The Morgan fingerprint density at radius 2 is 2.24 bits per heavy atom. The van der Waals surface area contributed by atoms with Gasteiger partial charge in [0.15, 0.2) is 0 Å². The molecule has 0 amide bonds. The molecule has 90 valence electrons. The maximum atomic E-state index is 6.03. The maximum Gasteiger partial charge on any atom is 0.121 e. The molecule has 1 saturated heterocycles. The molecule has 0 aliphatic carbocycles.